The molecule has 2 aliphatic rings. The summed E-state index contributed by atoms with van der Waals surface area (Å²) < 4.78 is 39.8. The van der Waals surface area contributed by atoms with Crippen molar-refractivity contribution in [2.24, 2.45) is 0 Å². The summed E-state index contributed by atoms with van der Waals surface area (Å²) in [5.74, 6) is -0.262. The van der Waals surface area contributed by atoms with Crippen LogP contribution in [-0.4, -0.2) is 50.2 Å². The molecule has 0 bridgehead atoms. The molecule has 1 fully saturated rings. The predicted octanol–water partition coefficient (Wildman–Crippen LogP) is 4.36. The van der Waals surface area contributed by atoms with Crippen LogP contribution in [0.25, 0.3) is 5.69 Å². The molecule has 2 aliphatic heterocycles. The maximum Gasteiger partial charge on any atom is 0.387 e. The third-order valence-electron chi connectivity index (χ3n) is 6.81. The second-order valence-electron chi connectivity index (χ2n) is 9.02. The number of benzene rings is 1. The minimum absolute atomic E-state index is 0.0120. The molecule has 190 valence electrons. The number of amides is 1. The van der Waals surface area contributed by atoms with Crippen molar-refractivity contribution >= 4 is 17.5 Å². The topological polar surface area (TPSA) is 78.6 Å². The first-order valence-electron chi connectivity index (χ1n) is 11.7. The van der Waals surface area contributed by atoms with Crippen molar-refractivity contribution in [1.82, 2.24) is 19.0 Å². The standard InChI is InChI=1S/C25H25ClF2N4O4/c1-14-12-30(13-29-14)18-5-6-19-24(34)31(9-10-32(19)23(18)33)15(2)20-7-8-21(35-20)17-4-3-16(26)11-22(17)36-25(27)28/h3-6,11-13,15,20-21,25H,7-10H2,1-2H3/t15-,20-,21+/m0/s1. The van der Waals surface area contributed by atoms with Gasteiger partial charge in [-0.05, 0) is 51.0 Å². The van der Waals surface area contributed by atoms with E-state index in [2.05, 4.69) is 9.72 Å². The summed E-state index contributed by atoms with van der Waals surface area (Å²) in [6.07, 6.45) is 3.79. The highest BCUT2D eigenvalue weighted by molar-refractivity contribution is 6.30. The maximum atomic E-state index is 13.4. The summed E-state index contributed by atoms with van der Waals surface area (Å²) in [5.41, 5.74) is 1.78. The van der Waals surface area contributed by atoms with Crippen LogP contribution in [0.2, 0.25) is 5.02 Å². The summed E-state index contributed by atoms with van der Waals surface area (Å²) in [7, 11) is 0. The first-order valence-corrected chi connectivity index (χ1v) is 12.1. The largest absolute Gasteiger partial charge is 0.434 e. The minimum Gasteiger partial charge on any atom is -0.434 e. The van der Waals surface area contributed by atoms with E-state index in [-0.39, 0.29) is 34.4 Å². The van der Waals surface area contributed by atoms with Gasteiger partial charge in [0.25, 0.3) is 11.5 Å². The Kier molecular flexibility index (Phi) is 6.57. The zero-order chi connectivity index (χ0) is 25.6. The first-order chi connectivity index (χ1) is 17.2. The van der Waals surface area contributed by atoms with Crippen LogP contribution in [0.15, 0.2) is 47.7 Å². The van der Waals surface area contributed by atoms with E-state index in [9.17, 15) is 18.4 Å². The molecule has 3 aromatic rings. The Morgan fingerprint density at radius 1 is 1.17 bits per heavy atom. The highest BCUT2D eigenvalue weighted by atomic mass is 35.5. The SMILES string of the molecule is Cc1cn(-c2ccc3n(c2=O)CCN([C@@H](C)[C@@H]2CC[C@H](c4ccc(Cl)cc4OC(F)F)O2)C3=O)cn1. The molecule has 0 saturated carbocycles. The van der Waals surface area contributed by atoms with Crippen molar-refractivity contribution in [3.63, 3.8) is 0 Å². The van der Waals surface area contributed by atoms with Crippen molar-refractivity contribution in [2.45, 2.75) is 58.1 Å². The third-order valence-corrected chi connectivity index (χ3v) is 7.04. The van der Waals surface area contributed by atoms with Crippen LogP contribution in [0.4, 0.5) is 8.78 Å². The molecule has 0 spiro atoms. The van der Waals surface area contributed by atoms with Crippen LogP contribution in [0.1, 0.15) is 47.6 Å². The highest BCUT2D eigenvalue weighted by Gasteiger charge is 2.38. The molecule has 2 aromatic heterocycles. The molecule has 36 heavy (non-hydrogen) atoms. The summed E-state index contributed by atoms with van der Waals surface area (Å²) in [4.78, 5) is 32.3. The zero-order valence-electron chi connectivity index (χ0n) is 19.7. The fraction of sp³-hybridized carbons (Fsp3) is 0.400. The van der Waals surface area contributed by atoms with Crippen LogP contribution < -0.4 is 10.3 Å². The molecule has 3 atom stereocenters. The Morgan fingerprint density at radius 2 is 1.97 bits per heavy atom. The fourth-order valence-electron chi connectivity index (χ4n) is 4.99. The van der Waals surface area contributed by atoms with Crippen LogP contribution in [0.5, 0.6) is 5.75 Å². The van der Waals surface area contributed by atoms with Gasteiger partial charge in [0.15, 0.2) is 0 Å². The molecule has 1 amide bonds. The molecule has 8 nitrogen and oxygen atoms in total. The lowest BCUT2D eigenvalue weighted by atomic mass is 10.0. The second-order valence-corrected chi connectivity index (χ2v) is 9.46. The van der Waals surface area contributed by atoms with Gasteiger partial charge in [-0.1, -0.05) is 17.7 Å². The van der Waals surface area contributed by atoms with E-state index < -0.39 is 12.7 Å². The Morgan fingerprint density at radius 3 is 2.69 bits per heavy atom. The van der Waals surface area contributed by atoms with Gasteiger partial charge in [0.1, 0.15) is 17.1 Å². The molecule has 0 aliphatic carbocycles. The smallest absolute Gasteiger partial charge is 0.387 e. The number of fused-ring (bicyclic) bond motifs is 1. The number of hydrogen-bond acceptors (Lipinski definition) is 5. The van der Waals surface area contributed by atoms with Crippen molar-refractivity contribution in [3.8, 4) is 11.4 Å². The molecule has 0 radical (unpaired) electrons. The molecular formula is C25H25ClF2N4O4. The highest BCUT2D eigenvalue weighted by Crippen LogP contribution is 2.40. The third kappa shape index (κ3) is 4.51. The lowest BCUT2D eigenvalue weighted by Crippen LogP contribution is -2.52. The first kappa shape index (κ1) is 24.5. The van der Waals surface area contributed by atoms with E-state index in [1.165, 1.54) is 10.6 Å². The van der Waals surface area contributed by atoms with Gasteiger partial charge < -0.3 is 23.5 Å². The van der Waals surface area contributed by atoms with Gasteiger partial charge in [0, 0.05) is 29.9 Å². The van der Waals surface area contributed by atoms with E-state index in [0.29, 0.717) is 42.9 Å². The summed E-state index contributed by atoms with van der Waals surface area (Å²) >= 11 is 5.96. The number of hydrogen-bond donors (Lipinski definition) is 0. The number of aryl methyl sites for hydroxylation is 1. The average Bonchev–Trinajstić information content (AvgIpc) is 3.49. The lowest BCUT2D eigenvalue weighted by molar-refractivity contribution is -0.0537. The lowest BCUT2D eigenvalue weighted by Gasteiger charge is -2.37. The van der Waals surface area contributed by atoms with E-state index in [4.69, 9.17) is 16.3 Å². The Balaban J connectivity index is 1.33. The van der Waals surface area contributed by atoms with Crippen LogP contribution in [-0.2, 0) is 11.3 Å². The van der Waals surface area contributed by atoms with Gasteiger partial charge in [-0.3, -0.25) is 9.59 Å². The zero-order valence-corrected chi connectivity index (χ0v) is 20.5. The van der Waals surface area contributed by atoms with Crippen LogP contribution in [0.3, 0.4) is 0 Å². The number of ether oxygens (including phenoxy) is 2. The van der Waals surface area contributed by atoms with E-state index in [1.807, 2.05) is 13.8 Å². The molecule has 0 N–H and O–H groups in total. The van der Waals surface area contributed by atoms with Crippen molar-refractivity contribution in [3.05, 3.63) is 75.2 Å². The Bertz CT molecular complexity index is 1360. The van der Waals surface area contributed by atoms with Gasteiger partial charge >= 0.3 is 6.61 Å². The molecule has 4 heterocycles. The van der Waals surface area contributed by atoms with E-state index >= 15 is 0 Å². The van der Waals surface area contributed by atoms with Gasteiger partial charge in [-0.2, -0.15) is 8.78 Å². The van der Waals surface area contributed by atoms with E-state index in [1.54, 1.807) is 46.3 Å². The number of carbonyl (C=O) groups is 1. The van der Waals surface area contributed by atoms with Crippen molar-refractivity contribution < 1.29 is 23.0 Å². The normalized spacial score (nSPS) is 20.6. The van der Waals surface area contributed by atoms with Crippen molar-refractivity contribution in [1.29, 1.82) is 0 Å². The van der Waals surface area contributed by atoms with Crippen LogP contribution >= 0.6 is 11.6 Å². The molecule has 5 rings (SSSR count). The molecule has 1 aromatic carbocycles. The molecule has 0 unspecified atom stereocenters. The van der Waals surface area contributed by atoms with Gasteiger partial charge in [-0.15, -0.1) is 0 Å². The van der Waals surface area contributed by atoms with Crippen LogP contribution in [0, 0.1) is 6.92 Å². The number of carbonyl (C=O) groups excluding carboxylic acids is 1. The van der Waals surface area contributed by atoms with Crippen molar-refractivity contribution in [2.75, 3.05) is 6.54 Å². The number of rotatable bonds is 6. The van der Waals surface area contributed by atoms with Gasteiger partial charge in [0.2, 0.25) is 0 Å². The molecule has 11 heteroatoms. The number of nitrogens with zero attached hydrogens (tertiary/aromatic N) is 4. The van der Waals surface area contributed by atoms with Gasteiger partial charge in [-0.25, -0.2) is 4.98 Å². The Hall–Kier alpha value is -3.24. The second kappa shape index (κ2) is 9.67. The predicted molar refractivity (Wildman–Crippen MR) is 128 cm³/mol. The summed E-state index contributed by atoms with van der Waals surface area (Å²) in [6, 6.07) is 7.60. The van der Waals surface area contributed by atoms with Gasteiger partial charge in [0.05, 0.1) is 30.3 Å². The summed E-state index contributed by atoms with van der Waals surface area (Å²) in [6.45, 7) is 1.46. The monoisotopic (exact) mass is 518 g/mol. The Labute approximate surface area is 211 Å². The van der Waals surface area contributed by atoms with E-state index in [0.717, 1.165) is 5.69 Å². The number of alkyl halides is 2. The quantitative estimate of drug-likeness (QED) is 0.484. The number of halogens is 3. The number of pyridine rings is 1. The maximum absolute atomic E-state index is 13.4. The molecular weight excluding hydrogens is 494 g/mol. The summed E-state index contributed by atoms with van der Waals surface area (Å²) in [5, 5.41) is 0.288. The average molecular weight is 519 g/mol. The number of imidazole rings is 1. The molecule has 1 saturated heterocycles. The number of aromatic nitrogens is 3. The fourth-order valence-corrected chi connectivity index (χ4v) is 5.15. The minimum atomic E-state index is -2.98.